The SMILES string of the molecule is COCCc1noc(Cn2c(C)c(C#N)c3ccccc32)n1. The van der Waals surface area contributed by atoms with E-state index < -0.39 is 0 Å². The summed E-state index contributed by atoms with van der Waals surface area (Å²) in [7, 11) is 1.64. The maximum atomic E-state index is 9.37. The van der Waals surface area contributed by atoms with E-state index in [1.807, 2.05) is 35.8 Å². The van der Waals surface area contributed by atoms with Gasteiger partial charge in [0.1, 0.15) is 12.6 Å². The highest BCUT2D eigenvalue weighted by Crippen LogP contribution is 2.25. The molecule has 0 bridgehead atoms. The fourth-order valence-electron chi connectivity index (χ4n) is 2.56. The van der Waals surface area contributed by atoms with Crippen molar-refractivity contribution in [2.45, 2.75) is 19.9 Å². The van der Waals surface area contributed by atoms with Gasteiger partial charge in [0, 0.05) is 24.6 Å². The van der Waals surface area contributed by atoms with Crippen LogP contribution in [-0.4, -0.2) is 28.4 Å². The lowest BCUT2D eigenvalue weighted by Crippen LogP contribution is -2.03. The minimum Gasteiger partial charge on any atom is -0.384 e. The molecule has 2 heterocycles. The van der Waals surface area contributed by atoms with Crippen molar-refractivity contribution in [3.8, 4) is 6.07 Å². The number of para-hydroxylation sites is 1. The maximum Gasteiger partial charge on any atom is 0.246 e. The number of ether oxygens (including phenoxy) is 1. The van der Waals surface area contributed by atoms with Crippen LogP contribution >= 0.6 is 0 Å². The van der Waals surface area contributed by atoms with Gasteiger partial charge in [-0.1, -0.05) is 23.4 Å². The Labute approximate surface area is 127 Å². The molecule has 0 unspecified atom stereocenters. The second-order valence-corrected chi connectivity index (χ2v) is 5.02. The Hall–Kier alpha value is -2.65. The Kier molecular flexibility index (Phi) is 3.90. The van der Waals surface area contributed by atoms with Crippen LogP contribution in [0.15, 0.2) is 28.8 Å². The maximum absolute atomic E-state index is 9.37. The number of hydrogen-bond donors (Lipinski definition) is 0. The third kappa shape index (κ3) is 2.47. The van der Waals surface area contributed by atoms with Crippen LogP contribution in [0.5, 0.6) is 0 Å². The van der Waals surface area contributed by atoms with E-state index in [4.69, 9.17) is 9.26 Å². The summed E-state index contributed by atoms with van der Waals surface area (Å²) in [6.07, 6.45) is 0.620. The molecule has 1 aromatic carbocycles. The summed E-state index contributed by atoms with van der Waals surface area (Å²) in [4.78, 5) is 4.36. The fourth-order valence-corrected chi connectivity index (χ4v) is 2.56. The van der Waals surface area contributed by atoms with Crippen molar-refractivity contribution in [3.63, 3.8) is 0 Å². The first kappa shape index (κ1) is 14.3. The molecule has 0 N–H and O–H groups in total. The van der Waals surface area contributed by atoms with Crippen molar-refractivity contribution < 1.29 is 9.26 Å². The standard InChI is InChI=1S/C16H16N4O2/c1-11-13(9-17)12-5-3-4-6-14(12)20(11)10-16-18-15(19-22-16)7-8-21-2/h3-6H,7-8,10H2,1-2H3. The van der Waals surface area contributed by atoms with Crippen molar-refractivity contribution in [2.75, 3.05) is 13.7 Å². The summed E-state index contributed by atoms with van der Waals surface area (Å²) < 4.78 is 12.3. The van der Waals surface area contributed by atoms with Crippen LogP contribution in [0, 0.1) is 18.3 Å². The van der Waals surface area contributed by atoms with Crippen LogP contribution in [0.2, 0.25) is 0 Å². The highest BCUT2D eigenvalue weighted by atomic mass is 16.5. The first-order chi connectivity index (χ1) is 10.7. The number of rotatable bonds is 5. The molecule has 0 aliphatic carbocycles. The van der Waals surface area contributed by atoms with Crippen LogP contribution < -0.4 is 0 Å². The van der Waals surface area contributed by atoms with Gasteiger partial charge < -0.3 is 13.8 Å². The molecule has 2 aromatic heterocycles. The lowest BCUT2D eigenvalue weighted by molar-refractivity contribution is 0.199. The van der Waals surface area contributed by atoms with Crippen LogP contribution in [0.3, 0.4) is 0 Å². The predicted molar refractivity (Wildman–Crippen MR) is 80.4 cm³/mol. The van der Waals surface area contributed by atoms with Gasteiger partial charge in [-0.15, -0.1) is 0 Å². The molecule has 0 atom stereocenters. The number of methoxy groups -OCH3 is 1. The van der Waals surface area contributed by atoms with E-state index in [0.29, 0.717) is 36.9 Å². The van der Waals surface area contributed by atoms with E-state index in [9.17, 15) is 5.26 Å². The van der Waals surface area contributed by atoms with Gasteiger partial charge in [0.05, 0.1) is 17.7 Å². The van der Waals surface area contributed by atoms with Gasteiger partial charge in [-0.3, -0.25) is 0 Å². The smallest absolute Gasteiger partial charge is 0.246 e. The van der Waals surface area contributed by atoms with Crippen molar-refractivity contribution in [2.24, 2.45) is 0 Å². The number of fused-ring (bicyclic) bond motifs is 1. The van der Waals surface area contributed by atoms with Crippen molar-refractivity contribution in [1.29, 1.82) is 5.26 Å². The van der Waals surface area contributed by atoms with E-state index in [0.717, 1.165) is 16.6 Å². The predicted octanol–water partition coefficient (Wildman–Crippen LogP) is 2.44. The highest BCUT2D eigenvalue weighted by molar-refractivity contribution is 5.88. The number of nitrogens with zero attached hydrogens (tertiary/aromatic N) is 4. The molecular formula is C16H16N4O2. The summed E-state index contributed by atoms with van der Waals surface area (Å²) >= 11 is 0. The van der Waals surface area contributed by atoms with Gasteiger partial charge in [-0.25, -0.2) is 0 Å². The molecule has 0 saturated carbocycles. The van der Waals surface area contributed by atoms with Gasteiger partial charge >= 0.3 is 0 Å². The molecule has 0 amide bonds. The molecule has 22 heavy (non-hydrogen) atoms. The molecule has 0 aliphatic rings. The van der Waals surface area contributed by atoms with Crippen LogP contribution in [-0.2, 0) is 17.7 Å². The molecule has 112 valence electrons. The van der Waals surface area contributed by atoms with Gasteiger partial charge in [0.2, 0.25) is 5.89 Å². The quantitative estimate of drug-likeness (QED) is 0.722. The Morgan fingerprint density at radius 2 is 2.18 bits per heavy atom. The van der Waals surface area contributed by atoms with Crippen LogP contribution in [0.1, 0.15) is 23.0 Å². The lowest BCUT2D eigenvalue weighted by atomic mass is 10.1. The zero-order valence-corrected chi connectivity index (χ0v) is 12.5. The number of aromatic nitrogens is 3. The van der Waals surface area contributed by atoms with Gasteiger partial charge in [-0.2, -0.15) is 10.2 Å². The van der Waals surface area contributed by atoms with Gasteiger partial charge in [0.15, 0.2) is 5.82 Å². The molecule has 0 fully saturated rings. The molecule has 0 saturated heterocycles. The summed E-state index contributed by atoms with van der Waals surface area (Å²) in [6, 6.07) is 10.1. The number of hydrogen-bond acceptors (Lipinski definition) is 5. The molecule has 6 heteroatoms. The average molecular weight is 296 g/mol. The number of nitriles is 1. The average Bonchev–Trinajstić information content (AvgIpc) is 3.09. The minimum atomic E-state index is 0.452. The lowest BCUT2D eigenvalue weighted by Gasteiger charge is -2.04. The van der Waals surface area contributed by atoms with Crippen LogP contribution in [0.4, 0.5) is 0 Å². The first-order valence-corrected chi connectivity index (χ1v) is 7.03. The fraction of sp³-hybridized carbons (Fsp3) is 0.312. The topological polar surface area (TPSA) is 76.9 Å². The van der Waals surface area contributed by atoms with E-state index in [-0.39, 0.29) is 0 Å². The Balaban J connectivity index is 1.96. The molecule has 0 spiro atoms. The minimum absolute atomic E-state index is 0.452. The molecule has 0 aliphatic heterocycles. The van der Waals surface area contributed by atoms with E-state index in [1.165, 1.54) is 0 Å². The third-order valence-electron chi connectivity index (χ3n) is 3.68. The van der Waals surface area contributed by atoms with Crippen molar-refractivity contribution in [1.82, 2.24) is 14.7 Å². The Morgan fingerprint density at radius 1 is 1.36 bits per heavy atom. The second-order valence-electron chi connectivity index (χ2n) is 5.02. The van der Waals surface area contributed by atoms with Crippen LogP contribution in [0.25, 0.3) is 10.9 Å². The molecule has 3 aromatic rings. The summed E-state index contributed by atoms with van der Waals surface area (Å²) in [5, 5.41) is 14.3. The zero-order valence-electron chi connectivity index (χ0n) is 12.5. The molecule has 0 radical (unpaired) electrons. The van der Waals surface area contributed by atoms with E-state index in [2.05, 4.69) is 16.2 Å². The van der Waals surface area contributed by atoms with Gasteiger partial charge in [-0.05, 0) is 13.0 Å². The second kappa shape index (κ2) is 6.00. The normalized spacial score (nSPS) is 11.0. The number of benzene rings is 1. The Morgan fingerprint density at radius 3 is 2.95 bits per heavy atom. The molecular weight excluding hydrogens is 280 g/mol. The van der Waals surface area contributed by atoms with Crippen molar-refractivity contribution >= 4 is 10.9 Å². The van der Waals surface area contributed by atoms with E-state index >= 15 is 0 Å². The zero-order chi connectivity index (χ0) is 15.5. The van der Waals surface area contributed by atoms with Gasteiger partial charge in [0.25, 0.3) is 0 Å². The molecule has 3 rings (SSSR count). The summed E-state index contributed by atoms with van der Waals surface area (Å²) in [6.45, 7) is 2.94. The summed E-state index contributed by atoms with van der Waals surface area (Å²) in [5.41, 5.74) is 2.59. The summed E-state index contributed by atoms with van der Waals surface area (Å²) in [5.74, 6) is 1.16. The highest BCUT2D eigenvalue weighted by Gasteiger charge is 2.15. The molecule has 6 nitrogen and oxygen atoms in total. The first-order valence-electron chi connectivity index (χ1n) is 7.03. The largest absolute Gasteiger partial charge is 0.384 e. The Bertz CT molecular complexity index is 842. The van der Waals surface area contributed by atoms with E-state index in [1.54, 1.807) is 7.11 Å². The van der Waals surface area contributed by atoms with Crippen molar-refractivity contribution in [3.05, 3.63) is 47.2 Å². The third-order valence-corrected chi connectivity index (χ3v) is 3.68. The monoisotopic (exact) mass is 296 g/mol.